The molecule has 0 radical (unpaired) electrons. The van der Waals surface area contributed by atoms with Crippen LogP contribution >= 0.6 is 0 Å². The van der Waals surface area contributed by atoms with Gasteiger partial charge in [-0.25, -0.2) is 8.42 Å². The van der Waals surface area contributed by atoms with E-state index in [0.29, 0.717) is 30.1 Å². The van der Waals surface area contributed by atoms with E-state index in [-0.39, 0.29) is 17.7 Å². The second-order valence-electron chi connectivity index (χ2n) is 5.65. The van der Waals surface area contributed by atoms with E-state index in [1.54, 1.807) is 31.2 Å². The fourth-order valence-corrected chi connectivity index (χ4v) is 3.44. The number of hydrogen-bond acceptors (Lipinski definition) is 4. The number of benzene rings is 1. The van der Waals surface area contributed by atoms with Crippen molar-refractivity contribution in [3.8, 4) is 0 Å². The van der Waals surface area contributed by atoms with Crippen molar-refractivity contribution in [3.05, 3.63) is 29.8 Å². The highest BCUT2D eigenvalue weighted by molar-refractivity contribution is 7.92. The maximum atomic E-state index is 12.1. The van der Waals surface area contributed by atoms with Crippen LogP contribution in [0.2, 0.25) is 0 Å². The van der Waals surface area contributed by atoms with Gasteiger partial charge in [-0.05, 0) is 49.4 Å². The van der Waals surface area contributed by atoms with Crippen LogP contribution in [0.4, 0.5) is 5.69 Å². The number of carbonyl (C=O) groups is 1. The SMILES string of the molecule is CCCS(=O)(=O)Nc1ccc(C(=O)NC(CN)C2CC2)cc1. The largest absolute Gasteiger partial charge is 0.348 e. The van der Waals surface area contributed by atoms with Crippen molar-refractivity contribution in [1.82, 2.24) is 5.32 Å². The normalized spacial score (nSPS) is 16.1. The molecule has 1 unspecified atom stereocenters. The Morgan fingerprint density at radius 2 is 1.95 bits per heavy atom. The summed E-state index contributed by atoms with van der Waals surface area (Å²) in [5.74, 6) is 0.397. The third-order valence-corrected chi connectivity index (χ3v) is 5.15. The minimum absolute atomic E-state index is 0.0234. The Morgan fingerprint density at radius 3 is 2.45 bits per heavy atom. The van der Waals surface area contributed by atoms with Crippen molar-refractivity contribution in [2.24, 2.45) is 11.7 Å². The molecular weight excluding hydrogens is 302 g/mol. The zero-order valence-corrected chi connectivity index (χ0v) is 13.5. The van der Waals surface area contributed by atoms with Crippen molar-refractivity contribution >= 4 is 21.6 Å². The molecule has 1 amide bonds. The van der Waals surface area contributed by atoms with Crippen molar-refractivity contribution in [2.45, 2.75) is 32.2 Å². The van der Waals surface area contributed by atoms with Crippen LogP contribution in [0, 0.1) is 5.92 Å². The number of sulfonamides is 1. The number of carbonyl (C=O) groups excluding carboxylic acids is 1. The van der Waals surface area contributed by atoms with Crippen LogP contribution in [0.3, 0.4) is 0 Å². The predicted molar refractivity (Wildman–Crippen MR) is 87.2 cm³/mol. The monoisotopic (exact) mass is 325 g/mol. The van der Waals surface area contributed by atoms with Gasteiger partial charge in [0.05, 0.1) is 5.75 Å². The maximum Gasteiger partial charge on any atom is 0.251 e. The molecule has 1 atom stereocenters. The van der Waals surface area contributed by atoms with Crippen LogP contribution < -0.4 is 15.8 Å². The number of rotatable bonds is 8. The lowest BCUT2D eigenvalue weighted by molar-refractivity contribution is 0.0933. The Bertz CT molecular complexity index is 609. The summed E-state index contributed by atoms with van der Waals surface area (Å²) in [7, 11) is -3.31. The quantitative estimate of drug-likeness (QED) is 0.670. The van der Waals surface area contributed by atoms with E-state index in [1.807, 2.05) is 0 Å². The van der Waals surface area contributed by atoms with Gasteiger partial charge in [0.15, 0.2) is 0 Å². The highest BCUT2D eigenvalue weighted by Crippen LogP contribution is 2.32. The Hall–Kier alpha value is -1.60. The Kier molecular flexibility index (Phi) is 5.42. The minimum Gasteiger partial charge on any atom is -0.348 e. The van der Waals surface area contributed by atoms with E-state index in [0.717, 1.165) is 12.8 Å². The minimum atomic E-state index is -3.31. The molecule has 0 bridgehead atoms. The third-order valence-electron chi connectivity index (χ3n) is 3.65. The molecule has 0 spiro atoms. The zero-order chi connectivity index (χ0) is 16.2. The van der Waals surface area contributed by atoms with Gasteiger partial charge < -0.3 is 11.1 Å². The van der Waals surface area contributed by atoms with Crippen LogP contribution in [-0.4, -0.2) is 32.7 Å². The Balaban J connectivity index is 1.97. The molecule has 2 rings (SSSR count). The molecule has 122 valence electrons. The molecule has 0 heterocycles. The molecule has 1 aliphatic rings. The molecule has 6 nitrogen and oxygen atoms in total. The lowest BCUT2D eigenvalue weighted by Crippen LogP contribution is -2.41. The summed E-state index contributed by atoms with van der Waals surface area (Å²) in [5.41, 5.74) is 6.63. The van der Waals surface area contributed by atoms with Gasteiger partial charge in [-0.1, -0.05) is 6.92 Å². The van der Waals surface area contributed by atoms with E-state index in [2.05, 4.69) is 10.0 Å². The zero-order valence-electron chi connectivity index (χ0n) is 12.7. The van der Waals surface area contributed by atoms with E-state index in [1.165, 1.54) is 0 Å². The van der Waals surface area contributed by atoms with Gasteiger partial charge in [0.1, 0.15) is 0 Å². The molecule has 4 N–H and O–H groups in total. The van der Waals surface area contributed by atoms with Crippen molar-refractivity contribution in [3.63, 3.8) is 0 Å². The van der Waals surface area contributed by atoms with Gasteiger partial charge in [0.2, 0.25) is 10.0 Å². The van der Waals surface area contributed by atoms with Gasteiger partial charge in [-0.15, -0.1) is 0 Å². The number of nitrogens with two attached hydrogens (primary N) is 1. The Labute approximate surface area is 131 Å². The molecule has 1 aromatic rings. The third kappa shape index (κ3) is 4.71. The second-order valence-corrected chi connectivity index (χ2v) is 7.49. The molecule has 7 heteroatoms. The lowest BCUT2D eigenvalue weighted by atomic mass is 10.1. The standard InChI is InChI=1S/C15H23N3O3S/c1-2-9-22(20,21)18-13-7-5-12(6-8-13)15(19)17-14(10-16)11-3-4-11/h5-8,11,14,18H,2-4,9-10,16H2,1H3,(H,17,19). The summed E-state index contributed by atoms with van der Waals surface area (Å²) in [6.07, 6.45) is 2.78. The Morgan fingerprint density at radius 1 is 1.32 bits per heavy atom. The maximum absolute atomic E-state index is 12.1. The summed E-state index contributed by atoms with van der Waals surface area (Å²) in [4.78, 5) is 12.1. The van der Waals surface area contributed by atoms with E-state index < -0.39 is 10.0 Å². The summed E-state index contributed by atoms with van der Waals surface area (Å²) in [5, 5.41) is 2.93. The van der Waals surface area contributed by atoms with E-state index in [9.17, 15) is 13.2 Å². The molecule has 22 heavy (non-hydrogen) atoms. The molecule has 1 fully saturated rings. The van der Waals surface area contributed by atoms with Crippen LogP contribution in [0.1, 0.15) is 36.5 Å². The van der Waals surface area contributed by atoms with E-state index in [4.69, 9.17) is 5.73 Å². The van der Waals surface area contributed by atoms with Gasteiger partial charge >= 0.3 is 0 Å². The molecule has 1 saturated carbocycles. The number of anilines is 1. The van der Waals surface area contributed by atoms with E-state index >= 15 is 0 Å². The smallest absolute Gasteiger partial charge is 0.251 e. The predicted octanol–water partition coefficient (Wildman–Crippen LogP) is 1.31. The average molecular weight is 325 g/mol. The number of hydrogen-bond donors (Lipinski definition) is 3. The molecule has 0 aliphatic heterocycles. The van der Waals surface area contributed by atoms with Crippen molar-refractivity contribution < 1.29 is 13.2 Å². The van der Waals surface area contributed by atoms with Crippen LogP contribution in [0.25, 0.3) is 0 Å². The summed E-state index contributed by atoms with van der Waals surface area (Å²) in [6.45, 7) is 2.24. The average Bonchev–Trinajstić information content (AvgIpc) is 3.29. The molecule has 0 saturated heterocycles. The second kappa shape index (κ2) is 7.11. The first-order chi connectivity index (χ1) is 10.4. The first-order valence-electron chi connectivity index (χ1n) is 7.56. The van der Waals surface area contributed by atoms with Gasteiger partial charge in [-0.3, -0.25) is 9.52 Å². The van der Waals surface area contributed by atoms with Gasteiger partial charge in [0.25, 0.3) is 5.91 Å². The molecule has 0 aromatic heterocycles. The fourth-order valence-electron chi connectivity index (χ4n) is 2.31. The molecular formula is C15H23N3O3S. The number of nitrogens with one attached hydrogen (secondary N) is 2. The van der Waals surface area contributed by atoms with Crippen molar-refractivity contribution in [1.29, 1.82) is 0 Å². The lowest BCUT2D eigenvalue weighted by Gasteiger charge is -2.16. The first-order valence-corrected chi connectivity index (χ1v) is 9.22. The van der Waals surface area contributed by atoms with Crippen LogP contribution in [0.15, 0.2) is 24.3 Å². The summed E-state index contributed by atoms with van der Waals surface area (Å²) in [6, 6.07) is 6.43. The molecule has 1 aromatic carbocycles. The van der Waals surface area contributed by atoms with Gasteiger partial charge in [0, 0.05) is 23.8 Å². The van der Waals surface area contributed by atoms with Crippen LogP contribution in [0.5, 0.6) is 0 Å². The highest BCUT2D eigenvalue weighted by atomic mass is 32.2. The first kappa shape index (κ1) is 16.8. The number of amides is 1. The summed E-state index contributed by atoms with van der Waals surface area (Å²) < 4.78 is 25.8. The fraction of sp³-hybridized carbons (Fsp3) is 0.533. The van der Waals surface area contributed by atoms with Crippen molar-refractivity contribution in [2.75, 3.05) is 17.0 Å². The van der Waals surface area contributed by atoms with Crippen LogP contribution in [-0.2, 0) is 10.0 Å². The molecule has 1 aliphatic carbocycles. The highest BCUT2D eigenvalue weighted by Gasteiger charge is 2.31. The van der Waals surface area contributed by atoms with Gasteiger partial charge in [-0.2, -0.15) is 0 Å². The summed E-state index contributed by atoms with van der Waals surface area (Å²) >= 11 is 0. The topological polar surface area (TPSA) is 101 Å².